The van der Waals surface area contributed by atoms with Crippen molar-refractivity contribution in [2.24, 2.45) is 0 Å². The number of benzene rings is 2. The molecule has 0 aliphatic carbocycles. The van der Waals surface area contributed by atoms with Crippen LogP contribution < -0.4 is 10.0 Å². The predicted octanol–water partition coefficient (Wildman–Crippen LogP) is 1.88. The molecular formula is C14H12F2N2O3S. The summed E-state index contributed by atoms with van der Waals surface area (Å²) in [6.45, 7) is -0.575. The number of nitrogens with one attached hydrogen (secondary N) is 2. The summed E-state index contributed by atoms with van der Waals surface area (Å²) in [4.78, 5) is 11.5. The van der Waals surface area contributed by atoms with E-state index in [1.165, 1.54) is 18.2 Å². The van der Waals surface area contributed by atoms with Crippen LogP contribution >= 0.6 is 0 Å². The fourth-order valence-corrected chi connectivity index (χ4v) is 2.60. The van der Waals surface area contributed by atoms with E-state index in [2.05, 4.69) is 5.32 Å². The Kier molecular flexibility index (Phi) is 4.84. The standard InChI is InChI=1S/C14H12F2N2O3S/c15-10-5-7-11(8-6-10)22(20,21)17-9-14(19)18-13-4-2-1-3-12(13)16/h1-8,17H,9H2,(H,18,19). The van der Waals surface area contributed by atoms with Crippen LogP contribution in [0.25, 0.3) is 0 Å². The van der Waals surface area contributed by atoms with Crippen molar-refractivity contribution in [2.45, 2.75) is 4.90 Å². The Morgan fingerprint density at radius 3 is 2.27 bits per heavy atom. The fraction of sp³-hybridized carbons (Fsp3) is 0.0714. The Labute approximate surface area is 126 Å². The molecule has 0 saturated heterocycles. The van der Waals surface area contributed by atoms with Crippen molar-refractivity contribution in [1.82, 2.24) is 4.72 Å². The minimum absolute atomic E-state index is 0.0477. The molecule has 2 aromatic rings. The van der Waals surface area contributed by atoms with E-state index in [4.69, 9.17) is 0 Å². The maximum Gasteiger partial charge on any atom is 0.241 e. The lowest BCUT2D eigenvalue weighted by atomic mass is 10.3. The zero-order valence-electron chi connectivity index (χ0n) is 11.2. The summed E-state index contributed by atoms with van der Waals surface area (Å²) in [5.74, 6) is -1.93. The summed E-state index contributed by atoms with van der Waals surface area (Å²) < 4.78 is 51.9. The number of anilines is 1. The summed E-state index contributed by atoms with van der Waals surface area (Å²) in [5.41, 5.74) is -0.0477. The first kappa shape index (κ1) is 16.1. The van der Waals surface area contributed by atoms with Crippen molar-refractivity contribution >= 4 is 21.6 Å². The number of sulfonamides is 1. The number of hydrogen-bond donors (Lipinski definition) is 2. The van der Waals surface area contributed by atoms with Gasteiger partial charge in [0.25, 0.3) is 0 Å². The van der Waals surface area contributed by atoms with Gasteiger partial charge in [-0.2, -0.15) is 0 Å². The summed E-state index contributed by atoms with van der Waals surface area (Å²) in [6, 6.07) is 9.64. The van der Waals surface area contributed by atoms with Gasteiger partial charge >= 0.3 is 0 Å². The predicted molar refractivity (Wildman–Crippen MR) is 76.6 cm³/mol. The molecule has 0 fully saturated rings. The van der Waals surface area contributed by atoms with Crippen LogP contribution in [-0.4, -0.2) is 20.9 Å². The van der Waals surface area contributed by atoms with E-state index in [1.807, 2.05) is 4.72 Å². The van der Waals surface area contributed by atoms with Crippen molar-refractivity contribution in [3.63, 3.8) is 0 Å². The van der Waals surface area contributed by atoms with Crippen molar-refractivity contribution < 1.29 is 22.0 Å². The van der Waals surface area contributed by atoms with Crippen LogP contribution in [0, 0.1) is 11.6 Å². The van der Waals surface area contributed by atoms with Crippen molar-refractivity contribution in [3.05, 3.63) is 60.2 Å². The highest BCUT2D eigenvalue weighted by Gasteiger charge is 2.16. The number of carbonyl (C=O) groups excluding carboxylic acids is 1. The molecular weight excluding hydrogens is 314 g/mol. The van der Waals surface area contributed by atoms with Gasteiger partial charge in [-0.05, 0) is 36.4 Å². The van der Waals surface area contributed by atoms with Crippen LogP contribution in [0.2, 0.25) is 0 Å². The number of hydrogen-bond acceptors (Lipinski definition) is 3. The summed E-state index contributed by atoms with van der Waals surface area (Å²) in [7, 11) is -3.95. The lowest BCUT2D eigenvalue weighted by Gasteiger charge is -2.08. The van der Waals surface area contributed by atoms with E-state index in [1.54, 1.807) is 0 Å². The second-order valence-corrected chi connectivity index (χ2v) is 6.07. The first-order valence-electron chi connectivity index (χ1n) is 6.18. The Balaban J connectivity index is 1.98. The highest BCUT2D eigenvalue weighted by atomic mass is 32.2. The van der Waals surface area contributed by atoms with Crippen molar-refractivity contribution in [1.29, 1.82) is 0 Å². The van der Waals surface area contributed by atoms with E-state index in [0.717, 1.165) is 30.3 Å². The third-order valence-corrected chi connectivity index (χ3v) is 4.11. The molecule has 0 spiro atoms. The number of halogens is 2. The van der Waals surface area contributed by atoms with Gasteiger partial charge in [0.15, 0.2) is 0 Å². The second kappa shape index (κ2) is 6.63. The minimum atomic E-state index is -3.95. The van der Waals surface area contributed by atoms with E-state index < -0.39 is 34.1 Å². The molecule has 116 valence electrons. The molecule has 2 aromatic carbocycles. The molecule has 0 bridgehead atoms. The largest absolute Gasteiger partial charge is 0.322 e. The topological polar surface area (TPSA) is 75.3 Å². The van der Waals surface area contributed by atoms with Gasteiger partial charge in [-0.3, -0.25) is 4.79 Å². The van der Waals surface area contributed by atoms with E-state index in [9.17, 15) is 22.0 Å². The molecule has 0 aromatic heterocycles. The maximum atomic E-state index is 13.3. The third kappa shape index (κ3) is 4.09. The Hall–Kier alpha value is -2.32. The van der Waals surface area contributed by atoms with Gasteiger partial charge in [-0.25, -0.2) is 21.9 Å². The monoisotopic (exact) mass is 326 g/mol. The van der Waals surface area contributed by atoms with Gasteiger partial charge in [-0.1, -0.05) is 12.1 Å². The van der Waals surface area contributed by atoms with Gasteiger partial charge in [0.2, 0.25) is 15.9 Å². The summed E-state index contributed by atoms with van der Waals surface area (Å²) in [5, 5.41) is 2.24. The van der Waals surface area contributed by atoms with Crippen molar-refractivity contribution in [3.8, 4) is 0 Å². The SMILES string of the molecule is O=C(CNS(=O)(=O)c1ccc(F)cc1)Nc1ccccc1F. The van der Waals surface area contributed by atoms with E-state index in [-0.39, 0.29) is 10.6 Å². The number of carbonyl (C=O) groups is 1. The number of rotatable bonds is 5. The normalized spacial score (nSPS) is 11.2. The molecule has 5 nitrogen and oxygen atoms in total. The molecule has 0 heterocycles. The third-order valence-electron chi connectivity index (χ3n) is 2.69. The molecule has 0 unspecified atom stereocenters. The molecule has 2 N–H and O–H groups in total. The molecule has 0 aliphatic heterocycles. The second-order valence-electron chi connectivity index (χ2n) is 4.31. The first-order valence-corrected chi connectivity index (χ1v) is 7.66. The molecule has 0 saturated carbocycles. The maximum absolute atomic E-state index is 13.3. The Morgan fingerprint density at radius 1 is 1.00 bits per heavy atom. The van der Waals surface area contributed by atoms with E-state index >= 15 is 0 Å². The highest BCUT2D eigenvalue weighted by Crippen LogP contribution is 2.12. The Morgan fingerprint density at radius 2 is 1.64 bits per heavy atom. The lowest BCUT2D eigenvalue weighted by molar-refractivity contribution is -0.115. The average molecular weight is 326 g/mol. The van der Waals surface area contributed by atoms with Gasteiger partial charge in [0, 0.05) is 0 Å². The van der Waals surface area contributed by atoms with Gasteiger partial charge in [0.05, 0.1) is 17.1 Å². The Bertz CT molecular complexity index is 777. The zero-order chi connectivity index (χ0) is 16.2. The van der Waals surface area contributed by atoms with Gasteiger partial charge in [0.1, 0.15) is 11.6 Å². The van der Waals surface area contributed by atoms with Crippen LogP contribution in [-0.2, 0) is 14.8 Å². The first-order chi connectivity index (χ1) is 10.4. The smallest absolute Gasteiger partial charge is 0.241 e. The van der Waals surface area contributed by atoms with Crippen LogP contribution in [0.5, 0.6) is 0 Å². The molecule has 0 atom stereocenters. The van der Waals surface area contributed by atoms with Crippen molar-refractivity contribution in [2.75, 3.05) is 11.9 Å². The van der Waals surface area contributed by atoms with Gasteiger partial charge in [-0.15, -0.1) is 0 Å². The van der Waals surface area contributed by atoms with Crippen LogP contribution in [0.3, 0.4) is 0 Å². The van der Waals surface area contributed by atoms with E-state index in [0.29, 0.717) is 0 Å². The van der Waals surface area contributed by atoms with Crippen LogP contribution in [0.1, 0.15) is 0 Å². The average Bonchev–Trinajstić information content (AvgIpc) is 2.48. The fourth-order valence-electron chi connectivity index (χ4n) is 1.61. The molecule has 2 rings (SSSR count). The minimum Gasteiger partial charge on any atom is -0.322 e. The summed E-state index contributed by atoms with van der Waals surface area (Å²) >= 11 is 0. The van der Waals surface area contributed by atoms with Crippen LogP contribution in [0.4, 0.5) is 14.5 Å². The summed E-state index contributed by atoms with van der Waals surface area (Å²) in [6.07, 6.45) is 0. The number of amides is 1. The highest BCUT2D eigenvalue weighted by molar-refractivity contribution is 7.89. The quantitative estimate of drug-likeness (QED) is 0.881. The number of para-hydroxylation sites is 1. The molecule has 1 amide bonds. The zero-order valence-corrected chi connectivity index (χ0v) is 12.0. The molecule has 22 heavy (non-hydrogen) atoms. The van der Waals surface area contributed by atoms with Gasteiger partial charge < -0.3 is 5.32 Å². The molecule has 0 aliphatic rings. The molecule has 8 heteroatoms. The molecule has 0 radical (unpaired) electrons. The van der Waals surface area contributed by atoms with Crippen LogP contribution in [0.15, 0.2) is 53.4 Å². The lowest BCUT2D eigenvalue weighted by Crippen LogP contribution is -2.33.